The van der Waals surface area contributed by atoms with E-state index < -0.39 is 0 Å². The Hall–Kier alpha value is -1.35. The molecule has 1 aliphatic rings. The molecular formula is C17H26N2O. The SMILES string of the molecule is CCCCCCCCNC(=O)c1ccc2c(c1)CNC2. The van der Waals surface area contributed by atoms with Crippen LogP contribution in [0.25, 0.3) is 0 Å². The number of nitrogens with one attached hydrogen (secondary N) is 2. The summed E-state index contributed by atoms with van der Waals surface area (Å²) in [6.45, 7) is 4.83. The number of rotatable bonds is 8. The number of amides is 1. The van der Waals surface area contributed by atoms with Crippen molar-refractivity contribution in [3.8, 4) is 0 Å². The monoisotopic (exact) mass is 274 g/mol. The van der Waals surface area contributed by atoms with E-state index in [1.807, 2.05) is 12.1 Å². The lowest BCUT2D eigenvalue weighted by atomic mass is 10.1. The second kappa shape index (κ2) is 8.05. The Kier molecular flexibility index (Phi) is 6.06. The van der Waals surface area contributed by atoms with E-state index in [2.05, 4.69) is 23.6 Å². The maximum atomic E-state index is 12.0. The highest BCUT2D eigenvalue weighted by Gasteiger charge is 2.12. The van der Waals surface area contributed by atoms with E-state index in [1.165, 1.54) is 43.2 Å². The van der Waals surface area contributed by atoms with Crippen LogP contribution in [0.1, 0.15) is 66.9 Å². The van der Waals surface area contributed by atoms with Gasteiger partial charge in [0, 0.05) is 25.2 Å². The quantitative estimate of drug-likeness (QED) is 0.714. The molecule has 2 rings (SSSR count). The summed E-state index contributed by atoms with van der Waals surface area (Å²) in [4.78, 5) is 12.0. The minimum absolute atomic E-state index is 0.0632. The van der Waals surface area contributed by atoms with Crippen LogP contribution in [0.4, 0.5) is 0 Å². The van der Waals surface area contributed by atoms with Crippen LogP contribution < -0.4 is 10.6 Å². The van der Waals surface area contributed by atoms with E-state index in [0.717, 1.165) is 31.6 Å². The van der Waals surface area contributed by atoms with Gasteiger partial charge < -0.3 is 10.6 Å². The summed E-state index contributed by atoms with van der Waals surface area (Å²) in [6, 6.07) is 6.02. The highest BCUT2D eigenvalue weighted by atomic mass is 16.1. The minimum atomic E-state index is 0.0632. The van der Waals surface area contributed by atoms with E-state index >= 15 is 0 Å². The van der Waals surface area contributed by atoms with Gasteiger partial charge in [-0.05, 0) is 29.7 Å². The average Bonchev–Trinajstić information content (AvgIpc) is 2.93. The molecule has 3 nitrogen and oxygen atoms in total. The maximum Gasteiger partial charge on any atom is 0.251 e. The van der Waals surface area contributed by atoms with Crippen molar-refractivity contribution in [2.45, 2.75) is 58.5 Å². The molecule has 1 aliphatic heterocycles. The summed E-state index contributed by atoms with van der Waals surface area (Å²) in [7, 11) is 0. The molecule has 0 aromatic heterocycles. The zero-order chi connectivity index (χ0) is 14.2. The zero-order valence-electron chi connectivity index (χ0n) is 12.5. The summed E-state index contributed by atoms with van der Waals surface area (Å²) in [5.74, 6) is 0.0632. The molecule has 2 N–H and O–H groups in total. The van der Waals surface area contributed by atoms with Gasteiger partial charge in [-0.3, -0.25) is 4.79 Å². The summed E-state index contributed by atoms with van der Waals surface area (Å²) < 4.78 is 0. The first-order valence-electron chi connectivity index (χ1n) is 7.92. The van der Waals surface area contributed by atoms with Crippen LogP contribution >= 0.6 is 0 Å². The van der Waals surface area contributed by atoms with Crippen LogP contribution in [-0.4, -0.2) is 12.5 Å². The van der Waals surface area contributed by atoms with Crippen molar-refractivity contribution < 1.29 is 4.79 Å². The molecule has 1 aromatic carbocycles. The summed E-state index contributed by atoms with van der Waals surface area (Å²) in [5.41, 5.74) is 3.37. The normalized spacial score (nSPS) is 13.2. The largest absolute Gasteiger partial charge is 0.352 e. The second-order valence-corrected chi connectivity index (χ2v) is 5.61. The van der Waals surface area contributed by atoms with E-state index in [9.17, 15) is 4.79 Å². The number of hydrogen-bond donors (Lipinski definition) is 2. The van der Waals surface area contributed by atoms with Crippen LogP contribution in [0.2, 0.25) is 0 Å². The molecular weight excluding hydrogens is 248 g/mol. The molecule has 1 aromatic rings. The van der Waals surface area contributed by atoms with Crippen molar-refractivity contribution in [3.63, 3.8) is 0 Å². The van der Waals surface area contributed by atoms with Crippen molar-refractivity contribution in [1.82, 2.24) is 10.6 Å². The van der Waals surface area contributed by atoms with Gasteiger partial charge in [0.05, 0.1) is 0 Å². The first-order chi connectivity index (χ1) is 9.81. The second-order valence-electron chi connectivity index (χ2n) is 5.61. The van der Waals surface area contributed by atoms with Gasteiger partial charge in [-0.2, -0.15) is 0 Å². The molecule has 110 valence electrons. The lowest BCUT2D eigenvalue weighted by Gasteiger charge is -2.07. The highest BCUT2D eigenvalue weighted by molar-refractivity contribution is 5.94. The van der Waals surface area contributed by atoms with E-state index in [4.69, 9.17) is 0 Å². The molecule has 0 radical (unpaired) electrons. The predicted molar refractivity (Wildman–Crippen MR) is 82.7 cm³/mol. The van der Waals surface area contributed by atoms with E-state index in [0.29, 0.717) is 0 Å². The van der Waals surface area contributed by atoms with Crippen LogP contribution in [0.5, 0.6) is 0 Å². The number of carbonyl (C=O) groups is 1. The molecule has 0 spiro atoms. The molecule has 0 aliphatic carbocycles. The fraction of sp³-hybridized carbons (Fsp3) is 0.588. The fourth-order valence-electron chi connectivity index (χ4n) is 2.65. The third-order valence-corrected chi connectivity index (χ3v) is 3.92. The van der Waals surface area contributed by atoms with Crippen LogP contribution in [-0.2, 0) is 13.1 Å². The number of unbranched alkanes of at least 4 members (excludes halogenated alkanes) is 5. The Morgan fingerprint density at radius 1 is 1.10 bits per heavy atom. The van der Waals surface area contributed by atoms with Gasteiger partial charge in [-0.25, -0.2) is 0 Å². The van der Waals surface area contributed by atoms with E-state index in [-0.39, 0.29) is 5.91 Å². The molecule has 20 heavy (non-hydrogen) atoms. The minimum Gasteiger partial charge on any atom is -0.352 e. The zero-order valence-corrected chi connectivity index (χ0v) is 12.5. The molecule has 1 amide bonds. The van der Waals surface area contributed by atoms with Crippen molar-refractivity contribution in [3.05, 3.63) is 34.9 Å². The van der Waals surface area contributed by atoms with Crippen LogP contribution in [0.15, 0.2) is 18.2 Å². The summed E-state index contributed by atoms with van der Waals surface area (Å²) in [5, 5.41) is 6.32. The third-order valence-electron chi connectivity index (χ3n) is 3.92. The number of fused-ring (bicyclic) bond motifs is 1. The molecule has 1 heterocycles. The average molecular weight is 274 g/mol. The summed E-state index contributed by atoms with van der Waals surface area (Å²) in [6.07, 6.45) is 7.52. The molecule has 3 heteroatoms. The third kappa shape index (κ3) is 4.34. The fourth-order valence-corrected chi connectivity index (χ4v) is 2.65. The molecule has 0 saturated heterocycles. The molecule has 0 atom stereocenters. The number of benzene rings is 1. The van der Waals surface area contributed by atoms with Crippen molar-refractivity contribution in [2.24, 2.45) is 0 Å². The van der Waals surface area contributed by atoms with Crippen LogP contribution in [0, 0.1) is 0 Å². The highest BCUT2D eigenvalue weighted by Crippen LogP contribution is 2.17. The summed E-state index contributed by atoms with van der Waals surface area (Å²) >= 11 is 0. The Bertz CT molecular complexity index is 443. The van der Waals surface area contributed by atoms with Crippen molar-refractivity contribution in [1.29, 1.82) is 0 Å². The Morgan fingerprint density at radius 3 is 2.70 bits per heavy atom. The molecule has 0 saturated carbocycles. The first-order valence-corrected chi connectivity index (χ1v) is 7.92. The molecule has 0 bridgehead atoms. The number of carbonyl (C=O) groups excluding carboxylic acids is 1. The smallest absolute Gasteiger partial charge is 0.251 e. The van der Waals surface area contributed by atoms with Gasteiger partial charge in [0.1, 0.15) is 0 Å². The standard InChI is InChI=1S/C17H26N2O/c1-2-3-4-5-6-7-10-19-17(20)14-8-9-15-12-18-13-16(15)11-14/h8-9,11,18H,2-7,10,12-13H2,1H3,(H,19,20). The number of hydrogen-bond acceptors (Lipinski definition) is 2. The molecule has 0 unspecified atom stereocenters. The van der Waals surface area contributed by atoms with Crippen molar-refractivity contribution >= 4 is 5.91 Å². The van der Waals surface area contributed by atoms with Gasteiger partial charge in [0.25, 0.3) is 5.91 Å². The lowest BCUT2D eigenvalue weighted by molar-refractivity contribution is 0.0953. The van der Waals surface area contributed by atoms with Gasteiger partial charge in [0.2, 0.25) is 0 Å². The molecule has 0 fully saturated rings. The first kappa shape index (κ1) is 15.0. The van der Waals surface area contributed by atoms with Crippen LogP contribution in [0.3, 0.4) is 0 Å². The maximum absolute atomic E-state index is 12.0. The van der Waals surface area contributed by atoms with E-state index in [1.54, 1.807) is 0 Å². The van der Waals surface area contributed by atoms with Gasteiger partial charge in [-0.1, -0.05) is 45.1 Å². The Labute approximate surface area is 122 Å². The predicted octanol–water partition coefficient (Wildman–Crippen LogP) is 3.38. The van der Waals surface area contributed by atoms with Crippen molar-refractivity contribution in [2.75, 3.05) is 6.54 Å². The Morgan fingerprint density at radius 2 is 1.85 bits per heavy atom. The van der Waals surface area contributed by atoms with Gasteiger partial charge >= 0.3 is 0 Å². The lowest BCUT2D eigenvalue weighted by Crippen LogP contribution is -2.24. The van der Waals surface area contributed by atoms with Gasteiger partial charge in [0.15, 0.2) is 0 Å². The van der Waals surface area contributed by atoms with Gasteiger partial charge in [-0.15, -0.1) is 0 Å². The topological polar surface area (TPSA) is 41.1 Å². The Balaban J connectivity index is 1.67.